The van der Waals surface area contributed by atoms with Crippen LogP contribution in [-0.4, -0.2) is 16.6 Å². The predicted octanol–water partition coefficient (Wildman–Crippen LogP) is 3.22. The summed E-state index contributed by atoms with van der Waals surface area (Å²) < 4.78 is 18.5. The zero-order valence-corrected chi connectivity index (χ0v) is 12.6. The van der Waals surface area contributed by atoms with E-state index in [-0.39, 0.29) is 0 Å². The second kappa shape index (κ2) is 6.73. The van der Waals surface area contributed by atoms with E-state index in [1.807, 2.05) is 24.3 Å². The first-order valence-corrected chi connectivity index (χ1v) is 7.88. The molecule has 0 heterocycles. The van der Waals surface area contributed by atoms with E-state index in [9.17, 15) is 4.21 Å². The van der Waals surface area contributed by atoms with Crippen LogP contribution < -0.4 is 10.5 Å². The van der Waals surface area contributed by atoms with Crippen LogP contribution in [-0.2, 0) is 10.8 Å². The molecule has 100 valence electrons. The second-order valence-electron chi connectivity index (χ2n) is 3.92. The molecule has 0 saturated carbocycles. The fourth-order valence-electron chi connectivity index (χ4n) is 1.50. The minimum Gasteiger partial charge on any atom is -0.493 e. The molecule has 0 amide bonds. The highest BCUT2D eigenvalue weighted by Gasteiger charge is 2.04. The summed E-state index contributed by atoms with van der Waals surface area (Å²) in [6.07, 6.45) is 0. The van der Waals surface area contributed by atoms with E-state index in [1.165, 1.54) is 0 Å². The zero-order valence-electron chi connectivity index (χ0n) is 10.2. The van der Waals surface area contributed by atoms with Crippen LogP contribution in [0.5, 0.6) is 5.75 Å². The molecule has 5 heteroatoms. The molecule has 19 heavy (non-hydrogen) atoms. The summed E-state index contributed by atoms with van der Waals surface area (Å²) in [6, 6.07) is 14.6. The Morgan fingerprint density at radius 2 is 1.68 bits per heavy atom. The monoisotopic (exact) mass is 339 g/mol. The average Bonchev–Trinajstić information content (AvgIpc) is 2.41. The molecule has 1 atom stereocenters. The quantitative estimate of drug-likeness (QED) is 0.851. The van der Waals surface area contributed by atoms with Crippen LogP contribution in [0.25, 0.3) is 0 Å². The summed E-state index contributed by atoms with van der Waals surface area (Å²) in [6.45, 7) is 0.409. The summed E-state index contributed by atoms with van der Waals surface area (Å²) in [5, 5.41) is 0. The van der Waals surface area contributed by atoms with Gasteiger partial charge in [0.2, 0.25) is 0 Å². The summed E-state index contributed by atoms with van der Waals surface area (Å²) in [5.74, 6) is 1.20. The molecule has 0 aromatic heterocycles. The standard InChI is InChI=1S/C14H14BrNO2S/c15-11-1-7-14(8-2-11)19(17)10-9-18-13-5-3-12(16)4-6-13/h1-8H,9-10,16H2. The normalized spacial score (nSPS) is 12.1. The maximum absolute atomic E-state index is 12.0. The Hall–Kier alpha value is -1.33. The van der Waals surface area contributed by atoms with Gasteiger partial charge in [-0.1, -0.05) is 15.9 Å². The number of rotatable bonds is 5. The van der Waals surface area contributed by atoms with Crippen LogP contribution in [0, 0.1) is 0 Å². The van der Waals surface area contributed by atoms with Crippen molar-refractivity contribution in [3.05, 3.63) is 53.0 Å². The van der Waals surface area contributed by atoms with Crippen LogP contribution in [0.4, 0.5) is 5.69 Å². The van der Waals surface area contributed by atoms with Crippen molar-refractivity contribution < 1.29 is 8.95 Å². The van der Waals surface area contributed by atoms with Gasteiger partial charge in [0.05, 0.1) is 16.6 Å². The molecule has 0 aliphatic rings. The maximum atomic E-state index is 12.0. The SMILES string of the molecule is Nc1ccc(OCCS(=O)c2ccc(Br)cc2)cc1. The molecular formula is C14H14BrNO2S. The molecule has 0 radical (unpaired) electrons. The van der Waals surface area contributed by atoms with Crippen LogP contribution in [0.15, 0.2) is 57.9 Å². The third-order valence-corrected chi connectivity index (χ3v) is 4.36. The zero-order chi connectivity index (χ0) is 13.7. The van der Waals surface area contributed by atoms with Crippen LogP contribution in [0.3, 0.4) is 0 Å². The Morgan fingerprint density at radius 3 is 2.32 bits per heavy atom. The molecule has 0 spiro atoms. The van der Waals surface area contributed by atoms with Crippen molar-refractivity contribution in [3.8, 4) is 5.75 Å². The molecule has 0 aliphatic carbocycles. The number of nitrogen functional groups attached to an aromatic ring is 1. The first-order valence-electron chi connectivity index (χ1n) is 5.77. The topological polar surface area (TPSA) is 52.3 Å². The van der Waals surface area contributed by atoms with Crippen molar-refractivity contribution in [1.82, 2.24) is 0 Å². The lowest BCUT2D eigenvalue weighted by atomic mass is 10.3. The van der Waals surface area contributed by atoms with Gasteiger partial charge >= 0.3 is 0 Å². The van der Waals surface area contributed by atoms with E-state index in [0.29, 0.717) is 18.0 Å². The van der Waals surface area contributed by atoms with E-state index in [1.54, 1.807) is 24.3 Å². The number of nitrogens with two attached hydrogens (primary N) is 1. The first kappa shape index (κ1) is 14.1. The first-order chi connectivity index (χ1) is 9.15. The van der Waals surface area contributed by atoms with Crippen molar-refractivity contribution >= 4 is 32.4 Å². The fraction of sp³-hybridized carbons (Fsp3) is 0.143. The summed E-state index contributed by atoms with van der Waals surface area (Å²) in [7, 11) is -1.04. The van der Waals surface area contributed by atoms with E-state index in [4.69, 9.17) is 10.5 Å². The highest BCUT2D eigenvalue weighted by molar-refractivity contribution is 9.10. The molecule has 0 fully saturated rings. The largest absolute Gasteiger partial charge is 0.493 e. The van der Waals surface area contributed by atoms with Crippen molar-refractivity contribution in [2.45, 2.75) is 4.90 Å². The summed E-state index contributed by atoms with van der Waals surface area (Å²) >= 11 is 3.35. The van der Waals surface area contributed by atoms with Gasteiger partial charge in [0, 0.05) is 15.1 Å². The van der Waals surface area contributed by atoms with Gasteiger partial charge in [-0.3, -0.25) is 4.21 Å². The Morgan fingerprint density at radius 1 is 1.05 bits per heavy atom. The molecule has 0 saturated heterocycles. The third-order valence-electron chi connectivity index (χ3n) is 2.49. The Kier molecular flexibility index (Phi) is 4.99. The van der Waals surface area contributed by atoms with Gasteiger partial charge in [0.25, 0.3) is 0 Å². The lowest BCUT2D eigenvalue weighted by molar-refractivity contribution is 0.342. The second-order valence-corrected chi connectivity index (χ2v) is 6.41. The van der Waals surface area contributed by atoms with Gasteiger partial charge in [-0.25, -0.2) is 0 Å². The molecule has 0 bridgehead atoms. The van der Waals surface area contributed by atoms with E-state index in [2.05, 4.69) is 15.9 Å². The predicted molar refractivity (Wildman–Crippen MR) is 81.8 cm³/mol. The van der Waals surface area contributed by atoms with E-state index in [0.717, 1.165) is 15.1 Å². The minimum absolute atomic E-state index is 0.409. The van der Waals surface area contributed by atoms with Crippen molar-refractivity contribution in [1.29, 1.82) is 0 Å². The molecule has 0 aliphatic heterocycles. The number of hydrogen-bond donors (Lipinski definition) is 1. The van der Waals surface area contributed by atoms with Gasteiger partial charge < -0.3 is 10.5 Å². The summed E-state index contributed by atoms with van der Waals surface area (Å²) in [4.78, 5) is 0.809. The number of ether oxygens (including phenoxy) is 1. The summed E-state index contributed by atoms with van der Waals surface area (Å²) in [5.41, 5.74) is 6.28. The maximum Gasteiger partial charge on any atom is 0.119 e. The van der Waals surface area contributed by atoms with Crippen LogP contribution in [0.1, 0.15) is 0 Å². The number of hydrogen-bond acceptors (Lipinski definition) is 3. The number of anilines is 1. The van der Waals surface area contributed by atoms with Crippen molar-refractivity contribution in [2.75, 3.05) is 18.1 Å². The van der Waals surface area contributed by atoms with E-state index >= 15 is 0 Å². The Bertz CT molecular complexity index is 555. The van der Waals surface area contributed by atoms with Crippen molar-refractivity contribution in [3.63, 3.8) is 0 Å². The number of halogens is 1. The molecular weight excluding hydrogens is 326 g/mol. The minimum atomic E-state index is -1.04. The van der Waals surface area contributed by atoms with Gasteiger partial charge in [0.15, 0.2) is 0 Å². The highest BCUT2D eigenvalue weighted by Crippen LogP contribution is 2.15. The Balaban J connectivity index is 1.84. The molecule has 3 nitrogen and oxygen atoms in total. The molecule has 2 aromatic carbocycles. The Labute approximate surface area is 123 Å². The molecule has 2 aromatic rings. The lowest BCUT2D eigenvalue weighted by Crippen LogP contribution is -2.08. The van der Waals surface area contributed by atoms with Gasteiger partial charge in [-0.05, 0) is 48.5 Å². The molecule has 1 unspecified atom stereocenters. The fourth-order valence-corrected chi connectivity index (χ4v) is 2.68. The third kappa shape index (κ3) is 4.36. The molecule has 2 N–H and O–H groups in total. The highest BCUT2D eigenvalue weighted by atomic mass is 79.9. The van der Waals surface area contributed by atoms with Gasteiger partial charge in [0.1, 0.15) is 12.4 Å². The van der Waals surface area contributed by atoms with Gasteiger partial charge in [-0.15, -0.1) is 0 Å². The van der Waals surface area contributed by atoms with Crippen LogP contribution >= 0.6 is 15.9 Å². The average molecular weight is 340 g/mol. The van der Waals surface area contributed by atoms with E-state index < -0.39 is 10.8 Å². The number of benzene rings is 2. The van der Waals surface area contributed by atoms with Gasteiger partial charge in [-0.2, -0.15) is 0 Å². The van der Waals surface area contributed by atoms with Crippen molar-refractivity contribution in [2.24, 2.45) is 0 Å². The smallest absolute Gasteiger partial charge is 0.119 e. The van der Waals surface area contributed by atoms with Crippen LogP contribution in [0.2, 0.25) is 0 Å². The lowest BCUT2D eigenvalue weighted by Gasteiger charge is -2.06. The molecule has 2 rings (SSSR count).